The summed E-state index contributed by atoms with van der Waals surface area (Å²) in [5.41, 5.74) is 4.63. The van der Waals surface area contributed by atoms with Crippen molar-refractivity contribution in [2.24, 2.45) is 0 Å². The molecule has 1 N–H and O–H groups in total. The number of thiocarbonyl (C=S) groups is 1. The molecular formula is C19H18N2OS. The third-order valence-electron chi connectivity index (χ3n) is 3.84. The summed E-state index contributed by atoms with van der Waals surface area (Å²) >= 11 is 5.33. The average Bonchev–Trinajstić information content (AvgIpc) is 2.82. The lowest BCUT2D eigenvalue weighted by Gasteiger charge is -2.14. The Morgan fingerprint density at radius 1 is 1.17 bits per heavy atom. The second kappa shape index (κ2) is 6.34. The fourth-order valence-corrected chi connectivity index (χ4v) is 2.85. The molecule has 0 bridgehead atoms. The van der Waals surface area contributed by atoms with Gasteiger partial charge in [0.2, 0.25) is 0 Å². The van der Waals surface area contributed by atoms with E-state index in [1.165, 1.54) is 10.5 Å². The molecule has 0 aliphatic carbocycles. The predicted molar refractivity (Wildman–Crippen MR) is 98.2 cm³/mol. The molecule has 4 heteroatoms. The van der Waals surface area contributed by atoms with Gasteiger partial charge >= 0.3 is 0 Å². The Bertz CT molecular complexity index is 793. The molecule has 1 heterocycles. The van der Waals surface area contributed by atoms with Crippen LogP contribution in [0.4, 0.5) is 5.69 Å². The van der Waals surface area contributed by atoms with Gasteiger partial charge in [-0.25, -0.2) is 0 Å². The Labute approximate surface area is 141 Å². The Balaban J connectivity index is 1.89. The van der Waals surface area contributed by atoms with Crippen molar-refractivity contribution in [2.45, 2.75) is 20.3 Å². The van der Waals surface area contributed by atoms with E-state index in [0.717, 1.165) is 23.2 Å². The average molecular weight is 322 g/mol. The van der Waals surface area contributed by atoms with E-state index in [1.807, 2.05) is 49.4 Å². The molecule has 0 spiro atoms. The number of amides is 1. The summed E-state index contributed by atoms with van der Waals surface area (Å²) in [6.07, 6.45) is 2.84. The van der Waals surface area contributed by atoms with Gasteiger partial charge in [0.15, 0.2) is 5.11 Å². The SMILES string of the molecule is CCc1ccc(/C=C2/NC(=S)N(c3cccc(C)c3)C2=O)cc1. The number of hydrogen-bond acceptors (Lipinski definition) is 2. The molecule has 1 saturated heterocycles. The number of carbonyl (C=O) groups excluding carboxylic acids is 1. The normalized spacial score (nSPS) is 16.1. The van der Waals surface area contributed by atoms with Crippen LogP contribution in [-0.4, -0.2) is 11.0 Å². The number of anilines is 1. The molecule has 3 nitrogen and oxygen atoms in total. The third kappa shape index (κ3) is 3.17. The van der Waals surface area contributed by atoms with E-state index in [2.05, 4.69) is 24.4 Å². The van der Waals surface area contributed by atoms with Gasteiger partial charge in [-0.05, 0) is 60.5 Å². The lowest BCUT2D eigenvalue weighted by Crippen LogP contribution is -2.30. The van der Waals surface area contributed by atoms with Crippen molar-refractivity contribution < 1.29 is 4.79 Å². The maximum absolute atomic E-state index is 12.7. The van der Waals surface area contributed by atoms with Crippen LogP contribution < -0.4 is 10.2 Å². The van der Waals surface area contributed by atoms with Crippen LogP contribution in [0.2, 0.25) is 0 Å². The van der Waals surface area contributed by atoms with Gasteiger partial charge in [0.1, 0.15) is 5.70 Å². The minimum Gasteiger partial charge on any atom is -0.327 e. The molecule has 3 rings (SSSR count). The molecule has 0 radical (unpaired) electrons. The largest absolute Gasteiger partial charge is 0.327 e. The molecule has 0 atom stereocenters. The van der Waals surface area contributed by atoms with Gasteiger partial charge in [-0.15, -0.1) is 0 Å². The highest BCUT2D eigenvalue weighted by Crippen LogP contribution is 2.23. The molecule has 0 aromatic heterocycles. The minimum absolute atomic E-state index is 0.125. The van der Waals surface area contributed by atoms with Crippen molar-refractivity contribution in [1.82, 2.24) is 5.32 Å². The fourth-order valence-electron chi connectivity index (χ4n) is 2.55. The summed E-state index contributed by atoms with van der Waals surface area (Å²) in [6.45, 7) is 4.11. The molecule has 0 unspecified atom stereocenters. The first kappa shape index (κ1) is 15.4. The molecule has 0 saturated carbocycles. The summed E-state index contributed by atoms with van der Waals surface area (Å²) in [4.78, 5) is 14.2. The number of aryl methyl sites for hydroxylation is 2. The van der Waals surface area contributed by atoms with Crippen molar-refractivity contribution in [3.8, 4) is 0 Å². The topological polar surface area (TPSA) is 32.3 Å². The number of nitrogens with zero attached hydrogens (tertiary/aromatic N) is 1. The number of nitrogens with one attached hydrogen (secondary N) is 1. The van der Waals surface area contributed by atoms with Gasteiger partial charge in [-0.1, -0.05) is 43.3 Å². The number of rotatable bonds is 3. The highest BCUT2D eigenvalue weighted by Gasteiger charge is 2.31. The van der Waals surface area contributed by atoms with Gasteiger partial charge in [-0.2, -0.15) is 0 Å². The molecule has 2 aromatic carbocycles. The quantitative estimate of drug-likeness (QED) is 0.689. The monoisotopic (exact) mass is 322 g/mol. The molecule has 1 aliphatic heterocycles. The summed E-state index contributed by atoms with van der Waals surface area (Å²) in [7, 11) is 0. The second-order valence-corrected chi connectivity index (χ2v) is 5.95. The van der Waals surface area contributed by atoms with Crippen LogP contribution >= 0.6 is 12.2 Å². The Hall–Kier alpha value is -2.46. The van der Waals surface area contributed by atoms with Gasteiger partial charge < -0.3 is 5.32 Å². The van der Waals surface area contributed by atoms with Crippen LogP contribution in [0.15, 0.2) is 54.2 Å². The Kier molecular flexibility index (Phi) is 4.26. The van der Waals surface area contributed by atoms with Crippen molar-refractivity contribution in [3.05, 3.63) is 70.9 Å². The third-order valence-corrected chi connectivity index (χ3v) is 4.12. The molecule has 1 amide bonds. The second-order valence-electron chi connectivity index (χ2n) is 5.56. The Morgan fingerprint density at radius 2 is 1.91 bits per heavy atom. The molecule has 116 valence electrons. The first-order valence-electron chi connectivity index (χ1n) is 7.61. The number of hydrogen-bond donors (Lipinski definition) is 1. The summed E-state index contributed by atoms with van der Waals surface area (Å²) in [6, 6.07) is 15.9. The van der Waals surface area contributed by atoms with E-state index in [1.54, 1.807) is 0 Å². The summed E-state index contributed by atoms with van der Waals surface area (Å²) < 4.78 is 0. The molecule has 2 aromatic rings. The first-order chi connectivity index (χ1) is 11.1. The van der Waals surface area contributed by atoms with E-state index >= 15 is 0 Å². The summed E-state index contributed by atoms with van der Waals surface area (Å²) in [5.74, 6) is -0.125. The maximum atomic E-state index is 12.7. The lowest BCUT2D eigenvalue weighted by atomic mass is 10.1. The lowest BCUT2D eigenvalue weighted by molar-refractivity contribution is -0.113. The summed E-state index contributed by atoms with van der Waals surface area (Å²) in [5, 5.41) is 3.43. The maximum Gasteiger partial charge on any atom is 0.281 e. The van der Waals surface area contributed by atoms with Crippen LogP contribution in [0.5, 0.6) is 0 Å². The van der Waals surface area contributed by atoms with Crippen LogP contribution in [0.25, 0.3) is 6.08 Å². The predicted octanol–water partition coefficient (Wildman–Crippen LogP) is 3.82. The van der Waals surface area contributed by atoms with Crippen molar-refractivity contribution in [1.29, 1.82) is 0 Å². The fraction of sp³-hybridized carbons (Fsp3) is 0.158. The molecule has 1 fully saturated rings. The Morgan fingerprint density at radius 3 is 2.57 bits per heavy atom. The van der Waals surface area contributed by atoms with E-state index < -0.39 is 0 Å². The first-order valence-corrected chi connectivity index (χ1v) is 8.02. The standard InChI is InChI=1S/C19H18N2OS/c1-3-14-7-9-15(10-8-14)12-17-18(22)21(19(23)20-17)16-6-4-5-13(2)11-16/h4-12H,3H2,1-2H3,(H,20,23)/b17-12+. The number of benzene rings is 2. The smallest absolute Gasteiger partial charge is 0.281 e. The van der Waals surface area contributed by atoms with Crippen LogP contribution in [-0.2, 0) is 11.2 Å². The van der Waals surface area contributed by atoms with Crippen LogP contribution in [0, 0.1) is 6.92 Å². The van der Waals surface area contributed by atoms with E-state index in [-0.39, 0.29) is 5.91 Å². The molecular weight excluding hydrogens is 304 g/mol. The van der Waals surface area contributed by atoms with Crippen molar-refractivity contribution in [3.63, 3.8) is 0 Å². The van der Waals surface area contributed by atoms with Crippen molar-refractivity contribution in [2.75, 3.05) is 4.90 Å². The highest BCUT2D eigenvalue weighted by atomic mass is 32.1. The van der Waals surface area contributed by atoms with Gasteiger partial charge in [-0.3, -0.25) is 9.69 Å². The number of carbonyl (C=O) groups is 1. The van der Waals surface area contributed by atoms with E-state index in [4.69, 9.17) is 12.2 Å². The van der Waals surface area contributed by atoms with Crippen LogP contribution in [0.3, 0.4) is 0 Å². The molecule has 1 aliphatic rings. The van der Waals surface area contributed by atoms with Gasteiger partial charge in [0.05, 0.1) is 5.69 Å². The van der Waals surface area contributed by atoms with E-state index in [0.29, 0.717) is 10.8 Å². The zero-order valence-electron chi connectivity index (χ0n) is 13.2. The van der Waals surface area contributed by atoms with Crippen LogP contribution in [0.1, 0.15) is 23.6 Å². The minimum atomic E-state index is -0.125. The van der Waals surface area contributed by atoms with Gasteiger partial charge in [0.25, 0.3) is 5.91 Å². The zero-order valence-corrected chi connectivity index (χ0v) is 14.0. The highest BCUT2D eigenvalue weighted by molar-refractivity contribution is 7.80. The van der Waals surface area contributed by atoms with E-state index in [9.17, 15) is 4.79 Å². The molecule has 23 heavy (non-hydrogen) atoms. The van der Waals surface area contributed by atoms with Gasteiger partial charge in [0, 0.05) is 0 Å². The van der Waals surface area contributed by atoms with Crippen molar-refractivity contribution >= 4 is 35.0 Å². The zero-order chi connectivity index (χ0) is 16.4.